The smallest absolute Gasteiger partial charge is 0.251 e. The van der Waals surface area contributed by atoms with Gasteiger partial charge in [-0.3, -0.25) is 9.59 Å². The minimum Gasteiger partial charge on any atom is -0.350 e. The summed E-state index contributed by atoms with van der Waals surface area (Å²) < 4.78 is 0. The van der Waals surface area contributed by atoms with Gasteiger partial charge in [-0.05, 0) is 31.7 Å². The van der Waals surface area contributed by atoms with Crippen molar-refractivity contribution in [3.05, 3.63) is 34.2 Å². The number of pyridine rings is 1. The minimum atomic E-state index is -0.257. The minimum absolute atomic E-state index is 0.129. The highest BCUT2D eigenvalue weighted by Gasteiger charge is 2.10. The summed E-state index contributed by atoms with van der Waals surface area (Å²) in [4.78, 5) is 25.3. The highest BCUT2D eigenvalue weighted by atomic mass is 16.2. The van der Waals surface area contributed by atoms with Crippen molar-refractivity contribution in [3.63, 3.8) is 0 Å². The molecule has 0 aromatic carbocycles. The van der Waals surface area contributed by atoms with Crippen LogP contribution in [-0.4, -0.2) is 16.9 Å². The van der Waals surface area contributed by atoms with Crippen LogP contribution in [0, 0.1) is 5.92 Å². The van der Waals surface area contributed by atoms with Crippen molar-refractivity contribution in [2.45, 2.75) is 39.7 Å². The molecule has 1 amide bonds. The topological polar surface area (TPSA) is 62.0 Å². The summed E-state index contributed by atoms with van der Waals surface area (Å²) in [6, 6.07) is 3.04. The van der Waals surface area contributed by atoms with Crippen molar-refractivity contribution in [1.29, 1.82) is 0 Å². The molecule has 1 aromatic heterocycles. The van der Waals surface area contributed by atoms with Gasteiger partial charge in [-0.2, -0.15) is 0 Å². The van der Waals surface area contributed by atoms with E-state index in [0.29, 0.717) is 11.5 Å². The molecule has 1 unspecified atom stereocenters. The Morgan fingerprint density at radius 3 is 2.65 bits per heavy atom. The molecule has 17 heavy (non-hydrogen) atoms. The van der Waals surface area contributed by atoms with E-state index < -0.39 is 0 Å². The first-order valence-electron chi connectivity index (χ1n) is 5.98. The van der Waals surface area contributed by atoms with Gasteiger partial charge in [-0.1, -0.05) is 13.8 Å². The van der Waals surface area contributed by atoms with E-state index in [-0.39, 0.29) is 17.5 Å². The Hall–Kier alpha value is -1.58. The summed E-state index contributed by atoms with van der Waals surface area (Å²) >= 11 is 0. The number of hydrogen-bond acceptors (Lipinski definition) is 2. The Kier molecular flexibility index (Phi) is 4.94. The van der Waals surface area contributed by atoms with Crippen LogP contribution in [0.15, 0.2) is 23.1 Å². The maximum atomic E-state index is 11.8. The van der Waals surface area contributed by atoms with Gasteiger partial charge in [0.25, 0.3) is 5.91 Å². The standard InChI is InChI=1S/C13H20N2O2/c1-9(2)4-5-10(3)15-13(17)11-6-7-14-12(16)8-11/h6-10H,4-5H2,1-3H3,(H,14,16)(H,15,17). The van der Waals surface area contributed by atoms with Gasteiger partial charge in [0.2, 0.25) is 5.56 Å². The zero-order valence-electron chi connectivity index (χ0n) is 10.6. The molecule has 0 aliphatic carbocycles. The van der Waals surface area contributed by atoms with E-state index in [1.165, 1.54) is 12.3 Å². The number of amides is 1. The maximum Gasteiger partial charge on any atom is 0.251 e. The van der Waals surface area contributed by atoms with E-state index >= 15 is 0 Å². The first-order valence-corrected chi connectivity index (χ1v) is 5.98. The van der Waals surface area contributed by atoms with E-state index in [9.17, 15) is 9.59 Å². The lowest BCUT2D eigenvalue weighted by molar-refractivity contribution is 0.0937. The van der Waals surface area contributed by atoms with Crippen LogP contribution in [0.2, 0.25) is 0 Å². The molecule has 1 atom stereocenters. The molecular formula is C13H20N2O2. The van der Waals surface area contributed by atoms with Gasteiger partial charge < -0.3 is 10.3 Å². The third kappa shape index (κ3) is 4.85. The molecule has 0 fully saturated rings. The zero-order valence-corrected chi connectivity index (χ0v) is 10.6. The Balaban J connectivity index is 2.52. The largest absolute Gasteiger partial charge is 0.350 e. The summed E-state index contributed by atoms with van der Waals surface area (Å²) in [6.07, 6.45) is 3.51. The average Bonchev–Trinajstić information content (AvgIpc) is 2.26. The number of aromatic amines is 1. The Morgan fingerprint density at radius 2 is 2.06 bits per heavy atom. The second-order valence-electron chi connectivity index (χ2n) is 4.79. The second-order valence-corrected chi connectivity index (χ2v) is 4.79. The van der Waals surface area contributed by atoms with Crippen molar-refractivity contribution >= 4 is 5.91 Å². The van der Waals surface area contributed by atoms with Crippen LogP contribution in [0.1, 0.15) is 44.0 Å². The van der Waals surface area contributed by atoms with Crippen molar-refractivity contribution in [1.82, 2.24) is 10.3 Å². The predicted molar refractivity (Wildman–Crippen MR) is 68.1 cm³/mol. The van der Waals surface area contributed by atoms with E-state index in [2.05, 4.69) is 24.1 Å². The molecule has 94 valence electrons. The van der Waals surface area contributed by atoms with Crippen LogP contribution in [0.5, 0.6) is 0 Å². The van der Waals surface area contributed by atoms with Crippen LogP contribution in [0.25, 0.3) is 0 Å². The molecule has 1 rings (SSSR count). The SMILES string of the molecule is CC(C)CCC(C)NC(=O)c1cc[nH]c(=O)c1. The molecule has 0 bridgehead atoms. The lowest BCUT2D eigenvalue weighted by Crippen LogP contribution is -2.33. The van der Waals surface area contributed by atoms with Gasteiger partial charge in [0.1, 0.15) is 0 Å². The molecule has 4 heteroatoms. The van der Waals surface area contributed by atoms with Crippen LogP contribution in [0.4, 0.5) is 0 Å². The molecule has 0 aliphatic rings. The fourth-order valence-corrected chi connectivity index (χ4v) is 1.55. The highest BCUT2D eigenvalue weighted by molar-refractivity contribution is 5.94. The molecule has 2 N–H and O–H groups in total. The molecule has 1 heterocycles. The second kappa shape index (κ2) is 6.23. The number of H-pyrrole nitrogens is 1. The van der Waals surface area contributed by atoms with Gasteiger partial charge in [0.05, 0.1) is 0 Å². The van der Waals surface area contributed by atoms with Crippen molar-refractivity contribution in [2.24, 2.45) is 5.92 Å². The number of rotatable bonds is 5. The van der Waals surface area contributed by atoms with Gasteiger partial charge in [-0.25, -0.2) is 0 Å². The Bertz CT molecular complexity index is 423. The summed E-state index contributed by atoms with van der Waals surface area (Å²) in [5.41, 5.74) is 0.151. The Labute approximate surface area is 101 Å². The number of aromatic nitrogens is 1. The number of carbonyl (C=O) groups is 1. The number of carbonyl (C=O) groups excluding carboxylic acids is 1. The molecule has 0 saturated carbocycles. The molecule has 0 radical (unpaired) electrons. The van der Waals surface area contributed by atoms with Gasteiger partial charge in [0.15, 0.2) is 0 Å². The van der Waals surface area contributed by atoms with E-state index in [1.54, 1.807) is 6.07 Å². The molecule has 4 nitrogen and oxygen atoms in total. The van der Waals surface area contributed by atoms with Gasteiger partial charge >= 0.3 is 0 Å². The summed E-state index contributed by atoms with van der Waals surface area (Å²) in [6.45, 7) is 6.30. The fraction of sp³-hybridized carbons (Fsp3) is 0.538. The lowest BCUT2D eigenvalue weighted by atomic mass is 10.0. The zero-order chi connectivity index (χ0) is 12.8. The predicted octanol–water partition coefficient (Wildman–Crippen LogP) is 1.93. The van der Waals surface area contributed by atoms with Crippen molar-refractivity contribution in [2.75, 3.05) is 0 Å². The van der Waals surface area contributed by atoms with E-state index in [4.69, 9.17) is 0 Å². The van der Waals surface area contributed by atoms with Crippen LogP contribution in [0.3, 0.4) is 0 Å². The molecule has 0 saturated heterocycles. The fourth-order valence-electron chi connectivity index (χ4n) is 1.55. The van der Waals surface area contributed by atoms with Gasteiger partial charge in [0, 0.05) is 23.9 Å². The van der Waals surface area contributed by atoms with E-state index in [1.807, 2.05) is 6.92 Å². The molecule has 0 spiro atoms. The van der Waals surface area contributed by atoms with Crippen LogP contribution in [-0.2, 0) is 0 Å². The van der Waals surface area contributed by atoms with E-state index in [0.717, 1.165) is 12.8 Å². The first-order chi connectivity index (χ1) is 7.99. The first kappa shape index (κ1) is 13.5. The molecule has 0 aliphatic heterocycles. The summed E-state index contributed by atoms with van der Waals surface area (Å²) in [5.74, 6) is 0.446. The Morgan fingerprint density at radius 1 is 1.35 bits per heavy atom. The third-order valence-electron chi connectivity index (χ3n) is 2.59. The van der Waals surface area contributed by atoms with Crippen molar-refractivity contribution < 1.29 is 4.79 Å². The quantitative estimate of drug-likeness (QED) is 0.820. The van der Waals surface area contributed by atoms with Crippen LogP contribution < -0.4 is 10.9 Å². The van der Waals surface area contributed by atoms with Gasteiger partial charge in [-0.15, -0.1) is 0 Å². The highest BCUT2D eigenvalue weighted by Crippen LogP contribution is 2.07. The van der Waals surface area contributed by atoms with Crippen LogP contribution >= 0.6 is 0 Å². The monoisotopic (exact) mass is 236 g/mol. The third-order valence-corrected chi connectivity index (χ3v) is 2.59. The maximum absolute atomic E-state index is 11.8. The average molecular weight is 236 g/mol. The number of hydrogen-bond donors (Lipinski definition) is 2. The molecular weight excluding hydrogens is 216 g/mol. The number of nitrogens with one attached hydrogen (secondary N) is 2. The lowest BCUT2D eigenvalue weighted by Gasteiger charge is -2.14. The molecule has 1 aromatic rings. The normalized spacial score (nSPS) is 12.5. The summed E-state index contributed by atoms with van der Waals surface area (Å²) in [7, 11) is 0. The van der Waals surface area contributed by atoms with Crippen molar-refractivity contribution in [3.8, 4) is 0 Å². The summed E-state index contributed by atoms with van der Waals surface area (Å²) in [5, 5.41) is 2.89.